The summed E-state index contributed by atoms with van der Waals surface area (Å²) in [4.78, 5) is 26.4. The molecule has 0 radical (unpaired) electrons. The van der Waals surface area contributed by atoms with E-state index in [1.54, 1.807) is 31.2 Å². The Morgan fingerprint density at radius 3 is 2.52 bits per heavy atom. The van der Waals surface area contributed by atoms with E-state index in [-0.39, 0.29) is 16.5 Å². The maximum absolute atomic E-state index is 13.0. The van der Waals surface area contributed by atoms with Gasteiger partial charge in [-0.05, 0) is 68.5 Å². The third kappa shape index (κ3) is 4.18. The molecular formula is C23H23ClN4O3. The predicted molar refractivity (Wildman–Crippen MR) is 124 cm³/mol. The first-order valence-corrected chi connectivity index (χ1v) is 10.6. The summed E-state index contributed by atoms with van der Waals surface area (Å²) in [6.45, 7) is 5.27. The summed E-state index contributed by atoms with van der Waals surface area (Å²) < 4.78 is 0. The van der Waals surface area contributed by atoms with Crippen molar-refractivity contribution in [3.05, 3.63) is 68.2 Å². The van der Waals surface area contributed by atoms with Gasteiger partial charge in [-0.25, -0.2) is 0 Å². The number of aryl methyl sites for hydroxylation is 1. The number of amides is 1. The molecular weight excluding hydrogens is 416 g/mol. The zero-order valence-corrected chi connectivity index (χ0v) is 18.2. The van der Waals surface area contributed by atoms with Gasteiger partial charge < -0.3 is 4.90 Å². The number of rotatable bonds is 4. The Morgan fingerprint density at radius 2 is 1.84 bits per heavy atom. The minimum Gasteiger partial charge on any atom is -0.366 e. The number of nitro benzene ring substituents is 1. The molecule has 7 nitrogen and oxygen atoms in total. The zero-order chi connectivity index (χ0) is 22.1. The van der Waals surface area contributed by atoms with Gasteiger partial charge in [-0.3, -0.25) is 14.9 Å². The molecule has 2 aliphatic rings. The number of anilines is 2. The minimum atomic E-state index is -0.357. The van der Waals surface area contributed by atoms with Gasteiger partial charge in [0.05, 0.1) is 21.9 Å². The molecule has 0 saturated carbocycles. The number of benzene rings is 2. The number of halogens is 1. The van der Waals surface area contributed by atoms with E-state index in [0.29, 0.717) is 33.2 Å². The molecule has 0 aromatic heterocycles. The summed E-state index contributed by atoms with van der Waals surface area (Å²) in [7, 11) is 0. The molecule has 0 spiro atoms. The van der Waals surface area contributed by atoms with Crippen molar-refractivity contribution < 1.29 is 9.72 Å². The normalized spacial score (nSPS) is 18.0. The van der Waals surface area contributed by atoms with Crippen molar-refractivity contribution >= 4 is 46.4 Å². The SMILES string of the molecule is CC1=NN(c2ccc(C)c(Cl)c2)C(=O)/C1=C/c1ccc(N2CCCCC2)c([N+](=O)[O-])c1. The Labute approximate surface area is 185 Å². The highest BCUT2D eigenvalue weighted by molar-refractivity contribution is 6.33. The monoisotopic (exact) mass is 438 g/mol. The van der Waals surface area contributed by atoms with Crippen LogP contribution in [0.25, 0.3) is 6.08 Å². The number of nitrogens with zero attached hydrogens (tertiary/aromatic N) is 4. The van der Waals surface area contributed by atoms with Gasteiger partial charge in [-0.2, -0.15) is 10.1 Å². The van der Waals surface area contributed by atoms with E-state index in [1.807, 2.05) is 19.1 Å². The van der Waals surface area contributed by atoms with Gasteiger partial charge in [-0.15, -0.1) is 0 Å². The molecule has 2 aromatic carbocycles. The van der Waals surface area contributed by atoms with Crippen molar-refractivity contribution in [2.45, 2.75) is 33.1 Å². The Bertz CT molecular complexity index is 1120. The number of carbonyl (C=O) groups excluding carboxylic acids is 1. The van der Waals surface area contributed by atoms with Crippen molar-refractivity contribution in [2.75, 3.05) is 23.0 Å². The van der Waals surface area contributed by atoms with Crippen LogP contribution < -0.4 is 9.91 Å². The van der Waals surface area contributed by atoms with E-state index in [4.69, 9.17) is 11.6 Å². The lowest BCUT2D eigenvalue weighted by molar-refractivity contribution is -0.384. The van der Waals surface area contributed by atoms with Crippen LogP contribution in [0.2, 0.25) is 5.02 Å². The van der Waals surface area contributed by atoms with Crippen LogP contribution in [-0.4, -0.2) is 29.6 Å². The number of hydrogen-bond acceptors (Lipinski definition) is 5. The van der Waals surface area contributed by atoms with Crippen LogP contribution >= 0.6 is 11.6 Å². The van der Waals surface area contributed by atoms with Crippen LogP contribution in [0.4, 0.5) is 17.1 Å². The molecule has 0 bridgehead atoms. The summed E-state index contributed by atoms with van der Waals surface area (Å²) in [6.07, 6.45) is 4.87. The molecule has 2 aliphatic heterocycles. The zero-order valence-electron chi connectivity index (χ0n) is 17.5. The highest BCUT2D eigenvalue weighted by Gasteiger charge is 2.29. The molecule has 160 valence electrons. The summed E-state index contributed by atoms with van der Waals surface area (Å²) in [5.74, 6) is -0.292. The summed E-state index contributed by atoms with van der Waals surface area (Å²) in [5.41, 5.74) is 3.71. The first-order chi connectivity index (χ1) is 14.8. The van der Waals surface area contributed by atoms with E-state index in [0.717, 1.165) is 37.9 Å². The molecule has 2 aromatic rings. The minimum absolute atomic E-state index is 0.0541. The molecule has 0 atom stereocenters. The molecule has 0 N–H and O–H groups in total. The van der Waals surface area contributed by atoms with E-state index in [2.05, 4.69) is 10.0 Å². The van der Waals surface area contributed by atoms with Crippen LogP contribution in [0.1, 0.15) is 37.3 Å². The lowest BCUT2D eigenvalue weighted by atomic mass is 10.0. The molecule has 8 heteroatoms. The van der Waals surface area contributed by atoms with Crippen LogP contribution in [0.15, 0.2) is 47.1 Å². The Morgan fingerprint density at radius 1 is 1.10 bits per heavy atom. The van der Waals surface area contributed by atoms with Crippen molar-refractivity contribution in [1.29, 1.82) is 0 Å². The highest BCUT2D eigenvalue weighted by atomic mass is 35.5. The highest BCUT2D eigenvalue weighted by Crippen LogP contribution is 2.33. The largest absolute Gasteiger partial charge is 0.366 e. The number of hydrogen-bond donors (Lipinski definition) is 0. The summed E-state index contributed by atoms with van der Waals surface area (Å²) in [6, 6.07) is 10.4. The second kappa shape index (κ2) is 8.51. The van der Waals surface area contributed by atoms with E-state index in [9.17, 15) is 14.9 Å². The fourth-order valence-corrected chi connectivity index (χ4v) is 4.09. The van der Waals surface area contributed by atoms with Gasteiger partial charge >= 0.3 is 0 Å². The van der Waals surface area contributed by atoms with Crippen molar-refractivity contribution in [3.63, 3.8) is 0 Å². The topological polar surface area (TPSA) is 79.0 Å². The van der Waals surface area contributed by atoms with Gasteiger partial charge in [0, 0.05) is 24.2 Å². The van der Waals surface area contributed by atoms with Crippen molar-refractivity contribution in [1.82, 2.24) is 0 Å². The van der Waals surface area contributed by atoms with Crippen LogP contribution in [-0.2, 0) is 4.79 Å². The third-order valence-corrected chi connectivity index (χ3v) is 6.07. The average Bonchev–Trinajstić information content (AvgIpc) is 3.04. The smallest absolute Gasteiger partial charge is 0.293 e. The molecule has 31 heavy (non-hydrogen) atoms. The summed E-state index contributed by atoms with van der Waals surface area (Å²) in [5, 5.41) is 18.0. The molecule has 0 aliphatic carbocycles. The first-order valence-electron chi connectivity index (χ1n) is 10.3. The number of piperidine rings is 1. The number of nitro groups is 1. The molecule has 1 fully saturated rings. The van der Waals surface area contributed by atoms with E-state index in [1.165, 1.54) is 11.1 Å². The Balaban J connectivity index is 1.65. The van der Waals surface area contributed by atoms with Crippen molar-refractivity contribution in [3.8, 4) is 0 Å². The predicted octanol–water partition coefficient (Wildman–Crippen LogP) is 5.35. The lowest BCUT2D eigenvalue weighted by Crippen LogP contribution is -2.29. The fourth-order valence-electron chi connectivity index (χ4n) is 3.92. The molecule has 0 unspecified atom stereocenters. The Kier molecular flexibility index (Phi) is 5.78. The summed E-state index contributed by atoms with van der Waals surface area (Å²) >= 11 is 6.20. The standard InChI is InChI=1S/C23H23ClN4O3/c1-15-6-8-18(14-20(15)24)27-23(29)19(16(2)25-27)12-17-7-9-21(22(13-17)28(30)31)26-10-4-3-5-11-26/h6-9,12-14H,3-5,10-11H2,1-2H3/b19-12+. The van der Waals surface area contributed by atoms with Crippen molar-refractivity contribution in [2.24, 2.45) is 5.10 Å². The molecule has 4 rings (SSSR count). The van der Waals surface area contributed by atoms with Gasteiger partial charge in [0.2, 0.25) is 0 Å². The molecule has 1 amide bonds. The molecule has 1 saturated heterocycles. The van der Waals surface area contributed by atoms with Crippen LogP contribution in [0.5, 0.6) is 0 Å². The number of carbonyl (C=O) groups is 1. The lowest BCUT2D eigenvalue weighted by Gasteiger charge is -2.28. The second-order valence-corrected chi connectivity index (χ2v) is 8.25. The van der Waals surface area contributed by atoms with E-state index >= 15 is 0 Å². The van der Waals surface area contributed by atoms with Crippen LogP contribution in [0, 0.1) is 17.0 Å². The fraction of sp³-hybridized carbons (Fsp3) is 0.304. The van der Waals surface area contributed by atoms with Crippen LogP contribution in [0.3, 0.4) is 0 Å². The third-order valence-electron chi connectivity index (χ3n) is 5.67. The molecule has 2 heterocycles. The van der Waals surface area contributed by atoms with Gasteiger partial charge in [0.15, 0.2) is 0 Å². The van der Waals surface area contributed by atoms with Gasteiger partial charge in [0.1, 0.15) is 5.69 Å². The first kappa shape index (κ1) is 21.1. The number of hydrazone groups is 1. The average molecular weight is 439 g/mol. The quantitative estimate of drug-likeness (QED) is 0.366. The maximum Gasteiger partial charge on any atom is 0.293 e. The van der Waals surface area contributed by atoms with E-state index < -0.39 is 0 Å². The Hall–Kier alpha value is -3.19. The maximum atomic E-state index is 13.0. The van der Waals surface area contributed by atoms with Gasteiger partial charge in [0.25, 0.3) is 11.6 Å². The van der Waals surface area contributed by atoms with Gasteiger partial charge in [-0.1, -0.05) is 23.7 Å². The second-order valence-electron chi connectivity index (χ2n) is 7.85.